The van der Waals surface area contributed by atoms with Crippen molar-refractivity contribution in [2.75, 3.05) is 13.0 Å². The topological polar surface area (TPSA) is 73.9 Å². The van der Waals surface area contributed by atoms with Crippen molar-refractivity contribution in [3.63, 3.8) is 0 Å². The van der Waals surface area contributed by atoms with Gasteiger partial charge in [-0.2, -0.15) is 0 Å². The van der Waals surface area contributed by atoms with E-state index in [2.05, 4.69) is 9.73 Å². The Labute approximate surface area is 135 Å². The minimum atomic E-state index is -0.516. The van der Waals surface area contributed by atoms with Gasteiger partial charge in [-0.25, -0.2) is 14.2 Å². The molecular formula is C14H12ClFN2O3S. The molecule has 116 valence electrons. The summed E-state index contributed by atoms with van der Waals surface area (Å²) in [6.07, 6.45) is 0. The van der Waals surface area contributed by atoms with Crippen LogP contribution in [0, 0.1) is 5.82 Å². The van der Waals surface area contributed by atoms with E-state index in [0.717, 1.165) is 0 Å². The lowest BCUT2D eigenvalue weighted by Crippen LogP contribution is -2.12. The standard InChI is InChI=1S/C14H12ClFN2O3S/c1-20-14(19)13-11(4-5-22-13)21-10-3-2-8(16)6-9(10)18-12(17)7-15/h2-6H,7H2,1H3,(H2,17,18). The first kappa shape index (κ1) is 16.3. The Morgan fingerprint density at radius 1 is 1.41 bits per heavy atom. The van der Waals surface area contributed by atoms with Crippen LogP contribution in [0.2, 0.25) is 0 Å². The average molecular weight is 343 g/mol. The Morgan fingerprint density at radius 3 is 2.86 bits per heavy atom. The first-order valence-electron chi connectivity index (χ1n) is 6.07. The van der Waals surface area contributed by atoms with Crippen molar-refractivity contribution in [1.29, 1.82) is 0 Å². The van der Waals surface area contributed by atoms with Crippen LogP contribution < -0.4 is 10.5 Å². The number of ether oxygens (including phenoxy) is 2. The maximum atomic E-state index is 13.4. The summed E-state index contributed by atoms with van der Waals surface area (Å²) in [5.74, 6) is -0.343. The van der Waals surface area contributed by atoms with E-state index in [-0.39, 0.29) is 23.2 Å². The fourth-order valence-electron chi connectivity index (χ4n) is 1.59. The van der Waals surface area contributed by atoms with Crippen LogP contribution in [0.5, 0.6) is 11.5 Å². The van der Waals surface area contributed by atoms with Crippen LogP contribution in [0.1, 0.15) is 9.67 Å². The smallest absolute Gasteiger partial charge is 0.351 e. The number of methoxy groups -OCH3 is 1. The number of thiophene rings is 1. The number of alkyl halides is 1. The van der Waals surface area contributed by atoms with Crippen LogP contribution in [0.15, 0.2) is 34.6 Å². The number of esters is 1. The van der Waals surface area contributed by atoms with Crippen LogP contribution in [0.25, 0.3) is 0 Å². The largest absolute Gasteiger partial charge is 0.465 e. The zero-order chi connectivity index (χ0) is 16.1. The van der Waals surface area contributed by atoms with Crippen molar-refractivity contribution in [3.05, 3.63) is 40.3 Å². The average Bonchev–Trinajstić information content (AvgIpc) is 2.97. The van der Waals surface area contributed by atoms with Gasteiger partial charge < -0.3 is 15.2 Å². The van der Waals surface area contributed by atoms with Crippen molar-refractivity contribution < 1.29 is 18.7 Å². The van der Waals surface area contributed by atoms with Gasteiger partial charge in [0.05, 0.1) is 13.0 Å². The van der Waals surface area contributed by atoms with E-state index >= 15 is 0 Å². The molecule has 2 rings (SSSR count). The number of aliphatic imine (C=N–C) groups is 1. The Balaban J connectivity index is 2.38. The summed E-state index contributed by atoms with van der Waals surface area (Å²) in [5, 5.41) is 1.68. The quantitative estimate of drug-likeness (QED) is 0.389. The molecule has 1 heterocycles. The summed E-state index contributed by atoms with van der Waals surface area (Å²) in [5.41, 5.74) is 5.75. The molecule has 8 heteroatoms. The Morgan fingerprint density at radius 2 is 2.18 bits per heavy atom. The minimum absolute atomic E-state index is 0.00180. The first-order valence-corrected chi connectivity index (χ1v) is 7.48. The van der Waals surface area contributed by atoms with Gasteiger partial charge >= 0.3 is 5.97 Å². The monoisotopic (exact) mass is 342 g/mol. The molecule has 0 saturated carbocycles. The van der Waals surface area contributed by atoms with Gasteiger partial charge in [0, 0.05) is 6.07 Å². The number of nitrogens with zero attached hydrogens (tertiary/aromatic N) is 1. The molecule has 2 aromatic rings. The predicted octanol–water partition coefficient (Wildman–Crippen LogP) is 3.69. The number of hydrogen-bond donors (Lipinski definition) is 1. The van der Waals surface area contributed by atoms with E-state index in [9.17, 15) is 9.18 Å². The molecule has 1 aromatic heterocycles. The van der Waals surface area contributed by atoms with E-state index in [1.165, 1.54) is 36.6 Å². The molecule has 0 aliphatic rings. The number of benzene rings is 1. The zero-order valence-corrected chi connectivity index (χ0v) is 13.1. The van der Waals surface area contributed by atoms with Crippen molar-refractivity contribution in [1.82, 2.24) is 0 Å². The second kappa shape index (κ2) is 7.24. The summed E-state index contributed by atoms with van der Waals surface area (Å²) in [6, 6.07) is 5.39. The summed E-state index contributed by atoms with van der Waals surface area (Å²) in [7, 11) is 1.28. The van der Waals surface area contributed by atoms with Crippen molar-refractivity contribution in [2.45, 2.75) is 0 Å². The summed E-state index contributed by atoms with van der Waals surface area (Å²) >= 11 is 6.75. The third kappa shape index (κ3) is 3.75. The third-order valence-electron chi connectivity index (χ3n) is 2.54. The second-order valence-corrected chi connectivity index (χ2v) is 5.24. The highest BCUT2D eigenvalue weighted by molar-refractivity contribution is 7.12. The maximum Gasteiger partial charge on any atom is 0.351 e. The van der Waals surface area contributed by atoms with Gasteiger partial charge in [0.25, 0.3) is 0 Å². The number of hydrogen-bond acceptors (Lipinski definition) is 5. The number of carbonyl (C=O) groups is 1. The van der Waals surface area contributed by atoms with Gasteiger partial charge in [-0.15, -0.1) is 22.9 Å². The van der Waals surface area contributed by atoms with Gasteiger partial charge in [-0.1, -0.05) is 0 Å². The lowest BCUT2D eigenvalue weighted by atomic mass is 10.3. The molecule has 0 aliphatic heterocycles. The molecule has 2 N–H and O–H groups in total. The zero-order valence-electron chi connectivity index (χ0n) is 11.5. The lowest BCUT2D eigenvalue weighted by molar-refractivity contribution is 0.0604. The van der Waals surface area contributed by atoms with Gasteiger partial charge in [0.1, 0.15) is 17.3 Å². The summed E-state index contributed by atoms with van der Waals surface area (Å²) in [4.78, 5) is 15.9. The normalized spacial score (nSPS) is 11.3. The molecule has 0 unspecified atom stereocenters. The van der Waals surface area contributed by atoms with Gasteiger partial charge in [0.15, 0.2) is 16.4 Å². The molecule has 22 heavy (non-hydrogen) atoms. The molecule has 0 saturated heterocycles. The van der Waals surface area contributed by atoms with Crippen molar-refractivity contribution in [3.8, 4) is 11.5 Å². The highest BCUT2D eigenvalue weighted by Gasteiger charge is 2.17. The Hall–Kier alpha value is -2.12. The Bertz CT molecular complexity index is 718. The number of halogens is 2. The fraction of sp³-hybridized carbons (Fsp3) is 0.143. The number of amidine groups is 1. The van der Waals surface area contributed by atoms with E-state index < -0.39 is 11.8 Å². The molecule has 0 aliphatic carbocycles. The van der Waals surface area contributed by atoms with Crippen LogP contribution in [-0.2, 0) is 4.74 Å². The summed E-state index contributed by atoms with van der Waals surface area (Å²) < 4.78 is 23.7. The molecule has 0 radical (unpaired) electrons. The van der Waals surface area contributed by atoms with Crippen molar-refractivity contribution in [2.24, 2.45) is 10.7 Å². The van der Waals surface area contributed by atoms with Crippen molar-refractivity contribution >= 4 is 40.4 Å². The number of carbonyl (C=O) groups excluding carboxylic acids is 1. The van der Waals surface area contributed by atoms with Crippen LogP contribution in [0.3, 0.4) is 0 Å². The minimum Gasteiger partial charge on any atom is -0.465 e. The maximum absolute atomic E-state index is 13.4. The molecule has 5 nitrogen and oxygen atoms in total. The number of nitrogens with two attached hydrogens (primary N) is 1. The van der Waals surface area contributed by atoms with E-state index in [4.69, 9.17) is 22.1 Å². The first-order chi connectivity index (χ1) is 10.5. The van der Waals surface area contributed by atoms with E-state index in [1.807, 2.05) is 0 Å². The van der Waals surface area contributed by atoms with E-state index in [0.29, 0.717) is 10.6 Å². The molecule has 1 aromatic carbocycles. The Kier molecular flexibility index (Phi) is 5.35. The van der Waals surface area contributed by atoms with Crippen LogP contribution in [0.4, 0.5) is 10.1 Å². The van der Waals surface area contributed by atoms with E-state index in [1.54, 1.807) is 11.4 Å². The molecular weight excluding hydrogens is 331 g/mol. The van der Waals surface area contributed by atoms with Crippen LogP contribution >= 0.6 is 22.9 Å². The van der Waals surface area contributed by atoms with Gasteiger partial charge in [-0.3, -0.25) is 0 Å². The third-order valence-corrected chi connectivity index (χ3v) is 3.69. The summed E-state index contributed by atoms with van der Waals surface area (Å²) in [6.45, 7) is 0. The van der Waals surface area contributed by atoms with Crippen LogP contribution in [-0.4, -0.2) is 24.8 Å². The molecule has 0 atom stereocenters. The molecule has 0 fully saturated rings. The lowest BCUT2D eigenvalue weighted by Gasteiger charge is -2.09. The van der Waals surface area contributed by atoms with Gasteiger partial charge in [-0.05, 0) is 23.6 Å². The predicted molar refractivity (Wildman–Crippen MR) is 84.1 cm³/mol. The SMILES string of the molecule is COC(=O)c1sccc1Oc1ccc(F)cc1N=C(N)CCl. The fourth-order valence-corrected chi connectivity index (χ4v) is 2.38. The molecule has 0 spiro atoms. The highest BCUT2D eigenvalue weighted by Crippen LogP contribution is 2.36. The highest BCUT2D eigenvalue weighted by atomic mass is 35.5. The molecule has 0 bridgehead atoms. The molecule has 0 amide bonds. The number of rotatable bonds is 5. The second-order valence-electron chi connectivity index (χ2n) is 4.06. The van der Waals surface area contributed by atoms with Gasteiger partial charge in [0.2, 0.25) is 0 Å².